The molecule has 0 saturated carbocycles. The molecule has 0 saturated heterocycles. The molecule has 0 radical (unpaired) electrons. The standard InChI is InChI=1S/C25H32N2O4.C2HF3O2/c1-27(15-12-18-4-8-23(30-2)24(16-18)31-3)25(29)9-7-22(28)21-6-5-19-10-13-26-14-11-20(19)17-21;3-2(4,5)1(6)7/h4-6,8,16-17,26H,7,9-15H2,1-3H3;(H,6,7). The van der Waals surface area contributed by atoms with Gasteiger partial charge < -0.3 is 24.8 Å². The van der Waals surface area contributed by atoms with Crippen LogP contribution < -0.4 is 14.8 Å². The lowest BCUT2D eigenvalue weighted by atomic mass is 9.97. The van der Waals surface area contributed by atoms with Gasteiger partial charge in [-0.2, -0.15) is 13.2 Å². The van der Waals surface area contributed by atoms with Crippen LogP contribution in [0.5, 0.6) is 11.5 Å². The zero-order valence-corrected chi connectivity index (χ0v) is 21.7. The van der Waals surface area contributed by atoms with Gasteiger partial charge in [0.15, 0.2) is 17.3 Å². The van der Waals surface area contributed by atoms with Gasteiger partial charge in [-0.05, 0) is 67.2 Å². The third kappa shape index (κ3) is 9.37. The number of carboxylic acid groups (broad SMARTS) is 1. The number of rotatable bonds is 9. The Morgan fingerprint density at radius 2 is 1.58 bits per heavy atom. The summed E-state index contributed by atoms with van der Waals surface area (Å²) in [6, 6.07) is 11.7. The molecule has 2 aromatic rings. The number of ketones is 1. The molecule has 0 spiro atoms. The Morgan fingerprint density at radius 3 is 2.18 bits per heavy atom. The summed E-state index contributed by atoms with van der Waals surface area (Å²) in [5, 5.41) is 10.5. The van der Waals surface area contributed by atoms with Crippen LogP contribution in [-0.2, 0) is 28.9 Å². The minimum Gasteiger partial charge on any atom is -0.493 e. The number of hydrogen-bond acceptors (Lipinski definition) is 6. The van der Waals surface area contributed by atoms with Crippen LogP contribution in [0.2, 0.25) is 0 Å². The zero-order chi connectivity index (χ0) is 28.3. The summed E-state index contributed by atoms with van der Waals surface area (Å²) in [6.45, 7) is 2.49. The normalized spacial score (nSPS) is 12.8. The number of methoxy groups -OCH3 is 2. The number of fused-ring (bicyclic) bond motifs is 1. The SMILES string of the molecule is COc1ccc(CCN(C)C(=O)CCC(=O)c2ccc3c(c2)CCNCC3)cc1OC.O=C(O)C(F)(F)F. The molecule has 0 bridgehead atoms. The van der Waals surface area contributed by atoms with E-state index in [9.17, 15) is 22.8 Å². The topological polar surface area (TPSA) is 105 Å². The van der Waals surface area contributed by atoms with Gasteiger partial charge in [-0.25, -0.2) is 4.79 Å². The third-order valence-electron chi connectivity index (χ3n) is 6.09. The number of aliphatic carboxylic acids is 1. The van der Waals surface area contributed by atoms with E-state index in [-0.39, 0.29) is 24.5 Å². The Bertz CT molecular complexity index is 1120. The predicted molar refractivity (Wildman–Crippen MR) is 135 cm³/mol. The molecular weight excluding hydrogens is 505 g/mol. The van der Waals surface area contributed by atoms with Crippen molar-refractivity contribution < 1.29 is 42.1 Å². The second kappa shape index (κ2) is 14.4. The molecular formula is C27H33F3N2O6. The van der Waals surface area contributed by atoms with Crippen molar-refractivity contribution in [2.45, 2.75) is 38.3 Å². The minimum atomic E-state index is -5.08. The number of benzene rings is 2. The first-order chi connectivity index (χ1) is 18.0. The number of nitrogens with zero attached hydrogens (tertiary/aromatic N) is 1. The van der Waals surface area contributed by atoms with Crippen molar-refractivity contribution in [3.8, 4) is 11.5 Å². The number of carbonyl (C=O) groups excluding carboxylic acids is 2. The van der Waals surface area contributed by atoms with E-state index in [4.69, 9.17) is 19.4 Å². The van der Waals surface area contributed by atoms with Crippen molar-refractivity contribution in [1.82, 2.24) is 10.2 Å². The van der Waals surface area contributed by atoms with Crippen LogP contribution in [0.3, 0.4) is 0 Å². The van der Waals surface area contributed by atoms with Crippen LogP contribution in [-0.4, -0.2) is 74.7 Å². The number of carboxylic acids is 1. The average Bonchev–Trinajstić information content (AvgIpc) is 3.14. The van der Waals surface area contributed by atoms with Gasteiger partial charge in [0.25, 0.3) is 0 Å². The number of likely N-dealkylation sites (N-methyl/N-ethyl adjacent to an activating group) is 1. The first kappa shape index (κ1) is 30.6. The molecule has 1 aliphatic rings. The van der Waals surface area contributed by atoms with Crippen LogP contribution in [0, 0.1) is 0 Å². The molecule has 0 aliphatic carbocycles. The molecule has 2 aromatic carbocycles. The van der Waals surface area contributed by atoms with Crippen LogP contribution in [0.1, 0.15) is 39.9 Å². The van der Waals surface area contributed by atoms with Gasteiger partial charge in [0.2, 0.25) is 5.91 Å². The summed E-state index contributed by atoms with van der Waals surface area (Å²) in [6.07, 6.45) is -1.99. The zero-order valence-electron chi connectivity index (χ0n) is 21.7. The maximum atomic E-state index is 12.6. The van der Waals surface area contributed by atoms with Gasteiger partial charge in [-0.3, -0.25) is 9.59 Å². The Morgan fingerprint density at radius 1 is 0.947 bits per heavy atom. The molecule has 1 heterocycles. The van der Waals surface area contributed by atoms with E-state index in [0.717, 1.165) is 31.5 Å². The fourth-order valence-electron chi connectivity index (χ4n) is 3.86. The van der Waals surface area contributed by atoms with Gasteiger partial charge in [0.05, 0.1) is 14.2 Å². The maximum absolute atomic E-state index is 12.6. The third-order valence-corrected chi connectivity index (χ3v) is 6.09. The van der Waals surface area contributed by atoms with Crippen molar-refractivity contribution in [3.63, 3.8) is 0 Å². The second-order valence-corrected chi connectivity index (χ2v) is 8.71. The van der Waals surface area contributed by atoms with Crippen LogP contribution >= 0.6 is 0 Å². The lowest BCUT2D eigenvalue weighted by molar-refractivity contribution is -0.192. The van der Waals surface area contributed by atoms with Crippen molar-refractivity contribution in [2.75, 3.05) is 40.9 Å². The fourth-order valence-corrected chi connectivity index (χ4v) is 3.86. The number of halogens is 3. The van der Waals surface area contributed by atoms with Gasteiger partial charge >= 0.3 is 12.1 Å². The summed E-state index contributed by atoms with van der Waals surface area (Å²) in [5.41, 5.74) is 4.33. The molecule has 1 aliphatic heterocycles. The highest BCUT2D eigenvalue weighted by Crippen LogP contribution is 2.27. The lowest BCUT2D eigenvalue weighted by Crippen LogP contribution is -2.29. The smallest absolute Gasteiger partial charge is 0.490 e. The van der Waals surface area contributed by atoms with Crippen LogP contribution in [0.25, 0.3) is 0 Å². The summed E-state index contributed by atoms with van der Waals surface area (Å²) in [5.74, 6) is -1.39. The van der Waals surface area contributed by atoms with Crippen LogP contribution in [0.15, 0.2) is 36.4 Å². The molecule has 0 atom stereocenters. The summed E-state index contributed by atoms with van der Waals surface area (Å²) < 4.78 is 42.3. The van der Waals surface area contributed by atoms with Crippen molar-refractivity contribution in [1.29, 1.82) is 0 Å². The summed E-state index contributed by atoms with van der Waals surface area (Å²) >= 11 is 0. The molecule has 208 valence electrons. The van der Waals surface area contributed by atoms with E-state index in [2.05, 4.69) is 11.4 Å². The van der Waals surface area contributed by atoms with Crippen molar-refractivity contribution in [2.24, 2.45) is 0 Å². The number of carbonyl (C=O) groups is 3. The number of Topliss-reactive ketones (excluding diaryl/α,β-unsaturated/α-hetero) is 1. The van der Waals surface area contributed by atoms with E-state index >= 15 is 0 Å². The molecule has 0 aromatic heterocycles. The number of amides is 1. The van der Waals surface area contributed by atoms with Gasteiger partial charge in [-0.15, -0.1) is 0 Å². The van der Waals surface area contributed by atoms with E-state index < -0.39 is 12.1 Å². The Balaban J connectivity index is 0.000000638. The monoisotopic (exact) mass is 538 g/mol. The molecule has 0 fully saturated rings. The van der Waals surface area contributed by atoms with Gasteiger partial charge in [0, 0.05) is 32.0 Å². The largest absolute Gasteiger partial charge is 0.493 e. The van der Waals surface area contributed by atoms with Gasteiger partial charge in [0.1, 0.15) is 0 Å². The molecule has 0 unspecified atom stereocenters. The molecule has 2 N–H and O–H groups in total. The van der Waals surface area contributed by atoms with E-state index in [1.54, 1.807) is 26.2 Å². The number of alkyl halides is 3. The second-order valence-electron chi connectivity index (χ2n) is 8.71. The molecule has 11 heteroatoms. The van der Waals surface area contributed by atoms with E-state index in [1.807, 2.05) is 30.3 Å². The Labute approximate surface area is 219 Å². The minimum absolute atomic E-state index is 0.0206. The Kier molecular flexibility index (Phi) is 11.6. The number of nitrogens with one attached hydrogen (secondary N) is 1. The Hall–Kier alpha value is -3.60. The van der Waals surface area contributed by atoms with Crippen LogP contribution in [0.4, 0.5) is 13.2 Å². The molecule has 3 rings (SSSR count). The van der Waals surface area contributed by atoms with E-state index in [0.29, 0.717) is 30.0 Å². The van der Waals surface area contributed by atoms with Crippen molar-refractivity contribution >= 4 is 17.7 Å². The highest BCUT2D eigenvalue weighted by Gasteiger charge is 2.38. The van der Waals surface area contributed by atoms with Gasteiger partial charge in [-0.1, -0.05) is 18.2 Å². The average molecular weight is 539 g/mol. The molecule has 38 heavy (non-hydrogen) atoms. The lowest BCUT2D eigenvalue weighted by Gasteiger charge is -2.17. The predicted octanol–water partition coefficient (Wildman–Crippen LogP) is 3.69. The highest BCUT2D eigenvalue weighted by atomic mass is 19.4. The number of ether oxygens (including phenoxy) is 2. The number of hydrogen-bond donors (Lipinski definition) is 2. The maximum Gasteiger partial charge on any atom is 0.490 e. The van der Waals surface area contributed by atoms with E-state index in [1.165, 1.54) is 11.1 Å². The molecule has 1 amide bonds. The molecule has 8 nitrogen and oxygen atoms in total. The summed E-state index contributed by atoms with van der Waals surface area (Å²) in [4.78, 5) is 35.7. The highest BCUT2D eigenvalue weighted by molar-refractivity contribution is 5.98. The first-order valence-electron chi connectivity index (χ1n) is 12.1. The summed E-state index contributed by atoms with van der Waals surface area (Å²) in [7, 11) is 4.99. The quantitative estimate of drug-likeness (QED) is 0.469. The fraction of sp³-hybridized carbons (Fsp3) is 0.444. The van der Waals surface area contributed by atoms with Crippen molar-refractivity contribution in [3.05, 3.63) is 58.7 Å². The first-order valence-corrected chi connectivity index (χ1v) is 12.1.